The molecule has 0 atom stereocenters. The van der Waals surface area contributed by atoms with Gasteiger partial charge in [-0.2, -0.15) is 0 Å². The van der Waals surface area contributed by atoms with Gasteiger partial charge < -0.3 is 9.47 Å². The smallest absolute Gasteiger partial charge is 0.331 e. The second-order valence-electron chi connectivity index (χ2n) is 5.27. The van der Waals surface area contributed by atoms with E-state index in [9.17, 15) is 4.79 Å². The normalized spacial score (nSPS) is 10.7. The van der Waals surface area contributed by atoms with E-state index in [-0.39, 0.29) is 12.6 Å². The van der Waals surface area contributed by atoms with Crippen molar-refractivity contribution in [2.75, 3.05) is 0 Å². The third kappa shape index (κ3) is 5.58. The third-order valence-corrected chi connectivity index (χ3v) is 4.10. The van der Waals surface area contributed by atoms with E-state index < -0.39 is 0 Å². The highest BCUT2D eigenvalue weighted by Crippen LogP contribution is 2.16. The minimum Gasteiger partial charge on any atom is -0.489 e. The summed E-state index contributed by atoms with van der Waals surface area (Å²) in [6, 6.07) is 17.5. The number of nitrogens with zero attached hydrogens (tertiary/aromatic N) is 1. The lowest BCUT2D eigenvalue weighted by Gasteiger charge is -2.08. The number of aromatic nitrogens is 1. The fraction of sp³-hybridized carbons (Fsp3) is 0.100. The van der Waals surface area contributed by atoms with Crippen molar-refractivity contribution in [3.05, 3.63) is 88.4 Å². The Balaban J connectivity index is 1.50. The zero-order chi connectivity index (χ0) is 17.3. The Morgan fingerprint density at radius 1 is 1.04 bits per heavy atom. The Hall–Kier alpha value is -2.92. The molecule has 0 aliphatic rings. The van der Waals surface area contributed by atoms with Gasteiger partial charge in [0.1, 0.15) is 19.0 Å². The van der Waals surface area contributed by atoms with Crippen molar-refractivity contribution in [2.24, 2.45) is 0 Å². The first-order valence-corrected chi connectivity index (χ1v) is 8.66. The predicted octanol–water partition coefficient (Wildman–Crippen LogP) is 4.48. The first kappa shape index (κ1) is 16.9. The quantitative estimate of drug-likeness (QED) is 0.465. The van der Waals surface area contributed by atoms with Crippen LogP contribution in [0, 0.1) is 0 Å². The molecule has 1 heterocycles. The van der Waals surface area contributed by atoms with Crippen LogP contribution in [0.5, 0.6) is 5.75 Å². The van der Waals surface area contributed by atoms with Crippen LogP contribution in [0.15, 0.2) is 72.4 Å². The van der Waals surface area contributed by atoms with Gasteiger partial charge in [0.2, 0.25) is 0 Å². The molecule has 0 fully saturated rings. The Bertz CT molecular complexity index is 829. The largest absolute Gasteiger partial charge is 0.489 e. The number of rotatable bonds is 7. The lowest BCUT2D eigenvalue weighted by atomic mass is 10.2. The van der Waals surface area contributed by atoms with Crippen LogP contribution < -0.4 is 4.74 Å². The lowest BCUT2D eigenvalue weighted by molar-refractivity contribution is -0.138. The van der Waals surface area contributed by atoms with Gasteiger partial charge in [0.05, 0.1) is 5.51 Å². The van der Waals surface area contributed by atoms with Crippen LogP contribution in [0.4, 0.5) is 0 Å². The van der Waals surface area contributed by atoms with Crippen molar-refractivity contribution in [3.63, 3.8) is 0 Å². The van der Waals surface area contributed by atoms with Gasteiger partial charge in [-0.3, -0.25) is 4.98 Å². The maximum Gasteiger partial charge on any atom is 0.331 e. The predicted molar refractivity (Wildman–Crippen MR) is 98.2 cm³/mol. The SMILES string of the molecule is O=C(/C=C/c1cncs1)OCc1cccc(OCc2ccccc2)c1. The van der Waals surface area contributed by atoms with Crippen molar-refractivity contribution >= 4 is 23.4 Å². The van der Waals surface area contributed by atoms with E-state index in [4.69, 9.17) is 9.47 Å². The fourth-order valence-corrected chi connectivity index (χ4v) is 2.64. The molecule has 1 aromatic heterocycles. The number of benzene rings is 2. The molecule has 126 valence electrons. The summed E-state index contributed by atoms with van der Waals surface area (Å²) in [5.74, 6) is 0.363. The Kier molecular flexibility index (Phi) is 5.96. The third-order valence-electron chi connectivity index (χ3n) is 3.36. The van der Waals surface area contributed by atoms with Gasteiger partial charge >= 0.3 is 5.97 Å². The average molecular weight is 351 g/mol. The average Bonchev–Trinajstić information content (AvgIpc) is 3.18. The van der Waals surface area contributed by atoms with Crippen LogP contribution in [0.25, 0.3) is 6.08 Å². The summed E-state index contributed by atoms with van der Waals surface area (Å²) >= 11 is 1.46. The molecule has 0 N–H and O–H groups in total. The highest BCUT2D eigenvalue weighted by molar-refractivity contribution is 7.10. The Morgan fingerprint density at radius 2 is 1.88 bits per heavy atom. The first-order chi connectivity index (χ1) is 12.3. The van der Waals surface area contributed by atoms with Gasteiger partial charge in [0, 0.05) is 17.2 Å². The van der Waals surface area contributed by atoms with E-state index >= 15 is 0 Å². The van der Waals surface area contributed by atoms with E-state index in [0.29, 0.717) is 6.61 Å². The Morgan fingerprint density at radius 3 is 2.68 bits per heavy atom. The van der Waals surface area contributed by atoms with Gasteiger partial charge in [-0.25, -0.2) is 4.79 Å². The van der Waals surface area contributed by atoms with E-state index in [1.165, 1.54) is 17.4 Å². The molecule has 3 rings (SSSR count). The van der Waals surface area contributed by atoms with E-state index in [2.05, 4.69) is 4.98 Å². The maximum atomic E-state index is 11.8. The second kappa shape index (κ2) is 8.80. The molecular formula is C20H17NO3S. The number of hydrogen-bond donors (Lipinski definition) is 0. The maximum absolute atomic E-state index is 11.8. The minimum absolute atomic E-state index is 0.203. The summed E-state index contributed by atoms with van der Waals surface area (Å²) in [5.41, 5.74) is 3.70. The molecule has 2 aromatic carbocycles. The molecule has 0 amide bonds. The molecular weight excluding hydrogens is 334 g/mol. The van der Waals surface area contributed by atoms with Gasteiger partial charge in [0.25, 0.3) is 0 Å². The topological polar surface area (TPSA) is 48.4 Å². The van der Waals surface area contributed by atoms with Gasteiger partial charge in [-0.05, 0) is 29.3 Å². The summed E-state index contributed by atoms with van der Waals surface area (Å²) < 4.78 is 11.0. The number of ether oxygens (including phenoxy) is 2. The first-order valence-electron chi connectivity index (χ1n) is 7.78. The zero-order valence-corrected chi connectivity index (χ0v) is 14.3. The van der Waals surface area contributed by atoms with Crippen molar-refractivity contribution in [2.45, 2.75) is 13.2 Å². The van der Waals surface area contributed by atoms with Crippen molar-refractivity contribution in [1.29, 1.82) is 0 Å². The minimum atomic E-state index is -0.385. The van der Waals surface area contributed by atoms with Crippen LogP contribution in [-0.4, -0.2) is 11.0 Å². The molecule has 0 aliphatic heterocycles. The van der Waals surface area contributed by atoms with Crippen LogP contribution in [0.2, 0.25) is 0 Å². The molecule has 0 saturated carbocycles. The number of thiazole rings is 1. The number of carbonyl (C=O) groups excluding carboxylic acids is 1. The molecule has 4 nitrogen and oxygen atoms in total. The zero-order valence-electron chi connectivity index (χ0n) is 13.5. The van der Waals surface area contributed by atoms with Crippen LogP contribution in [0.3, 0.4) is 0 Å². The molecule has 0 aliphatic carbocycles. The van der Waals surface area contributed by atoms with Crippen LogP contribution in [-0.2, 0) is 22.7 Å². The molecule has 0 bridgehead atoms. The molecule has 25 heavy (non-hydrogen) atoms. The molecule has 0 radical (unpaired) electrons. The highest BCUT2D eigenvalue weighted by Gasteiger charge is 2.02. The number of esters is 1. The van der Waals surface area contributed by atoms with Crippen molar-refractivity contribution in [1.82, 2.24) is 4.98 Å². The van der Waals surface area contributed by atoms with E-state index in [1.807, 2.05) is 54.6 Å². The lowest BCUT2D eigenvalue weighted by Crippen LogP contribution is -2.01. The molecule has 0 saturated heterocycles. The summed E-state index contributed by atoms with van der Waals surface area (Å²) in [6.07, 6.45) is 4.80. The van der Waals surface area contributed by atoms with Crippen LogP contribution >= 0.6 is 11.3 Å². The monoisotopic (exact) mass is 351 g/mol. The molecule has 0 spiro atoms. The highest BCUT2D eigenvalue weighted by atomic mass is 32.1. The molecule has 3 aromatic rings. The van der Waals surface area contributed by atoms with Gasteiger partial charge in [0.15, 0.2) is 0 Å². The summed E-state index contributed by atoms with van der Waals surface area (Å²) in [5, 5.41) is 0. The summed E-state index contributed by atoms with van der Waals surface area (Å²) in [7, 11) is 0. The number of hydrogen-bond acceptors (Lipinski definition) is 5. The summed E-state index contributed by atoms with van der Waals surface area (Å²) in [4.78, 5) is 16.6. The van der Waals surface area contributed by atoms with E-state index in [0.717, 1.165) is 21.8 Å². The van der Waals surface area contributed by atoms with Gasteiger partial charge in [-0.1, -0.05) is 42.5 Å². The Labute approximate surface area is 150 Å². The van der Waals surface area contributed by atoms with E-state index in [1.54, 1.807) is 17.8 Å². The summed E-state index contributed by atoms with van der Waals surface area (Å²) in [6.45, 7) is 0.704. The number of carbonyl (C=O) groups is 1. The second-order valence-corrected chi connectivity index (χ2v) is 6.18. The van der Waals surface area contributed by atoms with Crippen molar-refractivity contribution < 1.29 is 14.3 Å². The molecule has 0 unspecified atom stereocenters. The molecule has 5 heteroatoms. The fourth-order valence-electron chi connectivity index (χ4n) is 2.13. The van der Waals surface area contributed by atoms with Gasteiger partial charge in [-0.15, -0.1) is 11.3 Å². The van der Waals surface area contributed by atoms with Crippen LogP contribution in [0.1, 0.15) is 16.0 Å². The standard InChI is InChI=1S/C20H17NO3S/c22-20(10-9-19-12-21-15-25-19)24-14-17-7-4-8-18(11-17)23-13-16-5-2-1-3-6-16/h1-12,15H,13-14H2/b10-9+. The van der Waals surface area contributed by atoms with Crippen molar-refractivity contribution in [3.8, 4) is 5.75 Å².